The Bertz CT molecular complexity index is 459. The monoisotopic (exact) mass is 334 g/mol. The van der Waals surface area contributed by atoms with Crippen molar-refractivity contribution >= 4 is 30.1 Å². The second-order valence-corrected chi connectivity index (χ2v) is 6.49. The number of benzene rings is 1. The third-order valence-corrected chi connectivity index (χ3v) is 4.60. The van der Waals surface area contributed by atoms with Crippen LogP contribution in [0.5, 0.6) is 0 Å². The molecule has 0 bridgehead atoms. The predicted octanol–water partition coefficient (Wildman–Crippen LogP) is 3.22. The van der Waals surface area contributed by atoms with Gasteiger partial charge in [0.2, 0.25) is 5.91 Å². The van der Waals surface area contributed by atoms with Crippen LogP contribution in [0, 0.1) is 11.7 Å². The lowest BCUT2D eigenvalue weighted by Crippen LogP contribution is -2.55. The van der Waals surface area contributed by atoms with Crippen LogP contribution in [-0.4, -0.2) is 23.7 Å². The Morgan fingerprint density at radius 3 is 2.57 bits per heavy atom. The van der Waals surface area contributed by atoms with Crippen molar-refractivity contribution in [1.82, 2.24) is 5.32 Å². The summed E-state index contributed by atoms with van der Waals surface area (Å²) < 4.78 is 13.4. The quantitative estimate of drug-likeness (QED) is 0.753. The molecule has 1 aromatic rings. The molecule has 1 unspecified atom stereocenters. The zero-order valence-corrected chi connectivity index (χ0v) is 14.3. The Kier molecular flexibility index (Phi) is 8.94. The van der Waals surface area contributed by atoms with Crippen molar-refractivity contribution in [2.24, 2.45) is 11.7 Å². The van der Waals surface area contributed by atoms with Crippen LogP contribution in [0.1, 0.15) is 27.2 Å². The van der Waals surface area contributed by atoms with Crippen molar-refractivity contribution in [2.75, 3.05) is 12.3 Å². The lowest BCUT2D eigenvalue weighted by molar-refractivity contribution is -0.122. The van der Waals surface area contributed by atoms with E-state index in [0.29, 0.717) is 23.6 Å². The van der Waals surface area contributed by atoms with Gasteiger partial charge in [-0.2, -0.15) is 0 Å². The highest BCUT2D eigenvalue weighted by atomic mass is 35.5. The first-order valence-electron chi connectivity index (χ1n) is 6.77. The molecule has 0 radical (unpaired) electrons. The average molecular weight is 335 g/mol. The lowest BCUT2D eigenvalue weighted by Gasteiger charge is -2.33. The van der Waals surface area contributed by atoms with Gasteiger partial charge in [0.05, 0.1) is 5.54 Å². The fraction of sp³-hybridized carbons (Fsp3) is 0.533. The SMILES string of the molecule is CC(C)C(C)(CN)NC(=O)CCSc1ccccc1F.Cl. The molecule has 3 nitrogen and oxygen atoms in total. The van der Waals surface area contributed by atoms with E-state index in [9.17, 15) is 9.18 Å². The number of amides is 1. The normalized spacial score (nSPS) is 13.4. The van der Waals surface area contributed by atoms with Gasteiger partial charge in [0.25, 0.3) is 0 Å². The number of hydrogen-bond donors (Lipinski definition) is 2. The van der Waals surface area contributed by atoms with Crippen molar-refractivity contribution in [2.45, 2.75) is 37.6 Å². The lowest BCUT2D eigenvalue weighted by atomic mass is 9.88. The fourth-order valence-electron chi connectivity index (χ4n) is 1.63. The van der Waals surface area contributed by atoms with Gasteiger partial charge in [0.15, 0.2) is 0 Å². The largest absolute Gasteiger partial charge is 0.349 e. The van der Waals surface area contributed by atoms with E-state index < -0.39 is 0 Å². The number of nitrogens with one attached hydrogen (secondary N) is 1. The van der Waals surface area contributed by atoms with Gasteiger partial charge in [-0.25, -0.2) is 4.39 Å². The highest BCUT2D eigenvalue weighted by Gasteiger charge is 2.28. The number of halogens is 2. The van der Waals surface area contributed by atoms with E-state index in [1.54, 1.807) is 18.2 Å². The van der Waals surface area contributed by atoms with Crippen LogP contribution in [0.3, 0.4) is 0 Å². The number of hydrogen-bond acceptors (Lipinski definition) is 3. The first-order valence-corrected chi connectivity index (χ1v) is 7.76. The van der Waals surface area contributed by atoms with Gasteiger partial charge in [-0.1, -0.05) is 26.0 Å². The third kappa shape index (κ3) is 6.24. The summed E-state index contributed by atoms with van der Waals surface area (Å²) in [5.74, 6) is 0.518. The van der Waals surface area contributed by atoms with Gasteiger partial charge in [0.1, 0.15) is 5.82 Å². The maximum absolute atomic E-state index is 13.4. The van der Waals surface area contributed by atoms with Crippen LogP contribution in [0.15, 0.2) is 29.2 Å². The van der Waals surface area contributed by atoms with E-state index in [-0.39, 0.29) is 35.6 Å². The molecule has 1 amide bonds. The van der Waals surface area contributed by atoms with Gasteiger partial charge < -0.3 is 11.1 Å². The van der Waals surface area contributed by atoms with Crippen molar-refractivity contribution in [3.63, 3.8) is 0 Å². The van der Waals surface area contributed by atoms with Crippen LogP contribution in [0.25, 0.3) is 0 Å². The second kappa shape index (κ2) is 9.28. The molecular formula is C15H24ClFN2OS. The smallest absolute Gasteiger partial charge is 0.221 e. The molecule has 0 saturated carbocycles. The van der Waals surface area contributed by atoms with Gasteiger partial charge in [0, 0.05) is 23.6 Å². The summed E-state index contributed by atoms with van der Waals surface area (Å²) in [6.45, 7) is 6.40. The molecule has 6 heteroatoms. The van der Waals surface area contributed by atoms with Crippen molar-refractivity contribution in [1.29, 1.82) is 0 Å². The highest BCUT2D eigenvalue weighted by Crippen LogP contribution is 2.22. The summed E-state index contributed by atoms with van der Waals surface area (Å²) >= 11 is 1.35. The highest BCUT2D eigenvalue weighted by molar-refractivity contribution is 7.99. The summed E-state index contributed by atoms with van der Waals surface area (Å²) in [5, 5.41) is 2.97. The summed E-state index contributed by atoms with van der Waals surface area (Å²) in [5.41, 5.74) is 5.34. The summed E-state index contributed by atoms with van der Waals surface area (Å²) in [6.07, 6.45) is 0.349. The summed E-state index contributed by atoms with van der Waals surface area (Å²) in [6, 6.07) is 6.58. The van der Waals surface area contributed by atoms with Crippen LogP contribution < -0.4 is 11.1 Å². The Balaban J connectivity index is 0.00000400. The van der Waals surface area contributed by atoms with Crippen molar-refractivity contribution in [3.8, 4) is 0 Å². The molecule has 0 aliphatic heterocycles. The Hall–Kier alpha value is -0.780. The second-order valence-electron chi connectivity index (χ2n) is 5.35. The molecule has 0 aliphatic carbocycles. The number of rotatable bonds is 7. The topological polar surface area (TPSA) is 55.1 Å². The zero-order chi connectivity index (χ0) is 15.2. The molecule has 0 aliphatic rings. The Morgan fingerprint density at radius 2 is 2.05 bits per heavy atom. The minimum Gasteiger partial charge on any atom is -0.349 e. The van der Waals surface area contributed by atoms with E-state index >= 15 is 0 Å². The van der Waals surface area contributed by atoms with Gasteiger partial charge in [-0.05, 0) is 25.0 Å². The van der Waals surface area contributed by atoms with Gasteiger partial charge in [-0.3, -0.25) is 4.79 Å². The zero-order valence-electron chi connectivity index (χ0n) is 12.7. The van der Waals surface area contributed by atoms with E-state index in [0.717, 1.165) is 0 Å². The minimum absolute atomic E-state index is 0. The average Bonchev–Trinajstić information content (AvgIpc) is 2.40. The molecule has 1 atom stereocenters. The first kappa shape index (κ1) is 20.2. The number of carbonyl (C=O) groups is 1. The third-order valence-electron chi connectivity index (χ3n) is 3.55. The number of nitrogens with two attached hydrogens (primary N) is 1. The fourth-order valence-corrected chi connectivity index (χ4v) is 2.52. The molecule has 1 aromatic carbocycles. The van der Waals surface area contributed by atoms with Crippen molar-refractivity contribution < 1.29 is 9.18 Å². The number of carbonyl (C=O) groups excluding carboxylic acids is 1. The van der Waals surface area contributed by atoms with Crippen LogP contribution in [-0.2, 0) is 4.79 Å². The Labute approximate surface area is 136 Å². The Morgan fingerprint density at radius 1 is 1.43 bits per heavy atom. The summed E-state index contributed by atoms with van der Waals surface area (Å²) in [4.78, 5) is 12.5. The van der Waals surface area contributed by atoms with Crippen LogP contribution >= 0.6 is 24.2 Å². The number of thioether (sulfide) groups is 1. The van der Waals surface area contributed by atoms with Crippen LogP contribution in [0.4, 0.5) is 4.39 Å². The van der Waals surface area contributed by atoms with E-state index in [1.165, 1.54) is 17.8 Å². The standard InChI is InChI=1S/C15H23FN2OS.ClH/c1-11(2)15(3,10-17)18-14(19)8-9-20-13-7-5-4-6-12(13)16;/h4-7,11H,8-10,17H2,1-3H3,(H,18,19);1H. The van der Waals surface area contributed by atoms with Gasteiger partial charge >= 0.3 is 0 Å². The molecular weight excluding hydrogens is 311 g/mol. The molecule has 0 fully saturated rings. The maximum atomic E-state index is 13.4. The predicted molar refractivity (Wildman–Crippen MR) is 89.4 cm³/mol. The van der Waals surface area contributed by atoms with Crippen LogP contribution in [0.2, 0.25) is 0 Å². The first-order chi connectivity index (χ1) is 9.39. The molecule has 21 heavy (non-hydrogen) atoms. The minimum atomic E-state index is -0.389. The molecule has 3 N–H and O–H groups in total. The van der Waals surface area contributed by atoms with Crippen molar-refractivity contribution in [3.05, 3.63) is 30.1 Å². The summed E-state index contributed by atoms with van der Waals surface area (Å²) in [7, 11) is 0. The molecule has 0 aromatic heterocycles. The molecule has 120 valence electrons. The molecule has 0 heterocycles. The molecule has 1 rings (SSSR count). The molecule has 0 saturated heterocycles. The molecule has 0 spiro atoms. The van der Waals surface area contributed by atoms with E-state index in [4.69, 9.17) is 5.73 Å². The maximum Gasteiger partial charge on any atom is 0.221 e. The van der Waals surface area contributed by atoms with E-state index in [2.05, 4.69) is 5.32 Å². The van der Waals surface area contributed by atoms with Gasteiger partial charge in [-0.15, -0.1) is 24.2 Å². The van der Waals surface area contributed by atoms with E-state index in [1.807, 2.05) is 20.8 Å².